The van der Waals surface area contributed by atoms with Crippen molar-refractivity contribution in [2.24, 2.45) is 0 Å². The number of fused-ring (bicyclic) bond motifs is 1. The molecule has 1 N–H and O–H groups in total. The zero-order valence-electron chi connectivity index (χ0n) is 9.47. The highest BCUT2D eigenvalue weighted by atomic mass is 16.3. The van der Waals surface area contributed by atoms with Gasteiger partial charge in [-0.25, -0.2) is 9.97 Å². The molecule has 0 saturated carbocycles. The third kappa shape index (κ3) is 2.35. The first-order valence-corrected chi connectivity index (χ1v) is 5.27. The normalized spacial score (nSPS) is 9.56. The minimum atomic E-state index is -0.250. The van der Waals surface area contributed by atoms with Crippen molar-refractivity contribution in [2.45, 2.75) is 0 Å². The van der Waals surface area contributed by atoms with Gasteiger partial charge in [0.1, 0.15) is 6.33 Å². The van der Waals surface area contributed by atoms with Gasteiger partial charge in [0, 0.05) is 11.9 Å². The van der Waals surface area contributed by atoms with Crippen LogP contribution in [-0.2, 0) is 4.79 Å². The van der Waals surface area contributed by atoms with Gasteiger partial charge in [-0.1, -0.05) is 18.2 Å². The molecule has 1 aromatic carbocycles. The first-order chi connectivity index (χ1) is 8.86. The fourth-order valence-electron chi connectivity index (χ4n) is 1.68. The Hall–Kier alpha value is -2.69. The van der Waals surface area contributed by atoms with E-state index in [0.29, 0.717) is 0 Å². The van der Waals surface area contributed by atoms with Crippen molar-refractivity contribution in [1.82, 2.24) is 14.5 Å². The summed E-state index contributed by atoms with van der Waals surface area (Å²) in [7, 11) is 0. The summed E-state index contributed by atoms with van der Waals surface area (Å²) in [6.07, 6.45) is 5.40. The summed E-state index contributed by atoms with van der Waals surface area (Å²) in [6.45, 7) is -0.250. The van der Waals surface area contributed by atoms with Gasteiger partial charge in [-0.3, -0.25) is 4.79 Å². The first-order valence-electron chi connectivity index (χ1n) is 5.27. The molecule has 0 atom stereocenters. The average Bonchev–Trinajstić information content (AvgIpc) is 2.84. The molecule has 0 unspecified atom stereocenters. The maximum atomic E-state index is 8.36. The highest BCUT2D eigenvalue weighted by molar-refractivity contribution is 5.76. The van der Waals surface area contributed by atoms with Crippen LogP contribution in [0.5, 0.6) is 0 Å². The number of carbonyl (C=O) groups is 1. The van der Waals surface area contributed by atoms with Gasteiger partial charge in [0.15, 0.2) is 0 Å². The molecule has 5 heteroatoms. The molecule has 0 bridgehead atoms. The quantitative estimate of drug-likeness (QED) is 0.662. The summed E-state index contributed by atoms with van der Waals surface area (Å²) in [6, 6.07) is 12.2. The van der Waals surface area contributed by atoms with Crippen LogP contribution in [-0.4, -0.2) is 26.1 Å². The lowest BCUT2D eigenvalue weighted by Gasteiger charge is -2.03. The predicted octanol–water partition coefficient (Wildman–Crippen LogP) is 2.12. The molecule has 5 nitrogen and oxygen atoms in total. The topological polar surface area (TPSA) is 68.0 Å². The summed E-state index contributed by atoms with van der Waals surface area (Å²) >= 11 is 0. The van der Waals surface area contributed by atoms with Crippen LogP contribution in [0, 0.1) is 0 Å². The van der Waals surface area contributed by atoms with Crippen molar-refractivity contribution in [2.75, 3.05) is 0 Å². The summed E-state index contributed by atoms with van der Waals surface area (Å²) in [5, 5.41) is 6.89. The Kier molecular flexibility index (Phi) is 3.66. The molecule has 2 heterocycles. The van der Waals surface area contributed by atoms with Gasteiger partial charge in [0.25, 0.3) is 6.47 Å². The number of para-hydroxylation sites is 1. The molecule has 0 spiro atoms. The molecule has 18 heavy (non-hydrogen) atoms. The first kappa shape index (κ1) is 11.8. The zero-order chi connectivity index (χ0) is 12.8. The van der Waals surface area contributed by atoms with E-state index in [0.717, 1.165) is 16.7 Å². The molecular weight excluding hydrogens is 230 g/mol. The zero-order valence-corrected chi connectivity index (χ0v) is 9.47. The third-order valence-electron chi connectivity index (χ3n) is 2.40. The number of nitrogens with zero attached hydrogens (tertiary/aromatic N) is 3. The second-order valence-electron chi connectivity index (χ2n) is 3.42. The summed E-state index contributed by atoms with van der Waals surface area (Å²) in [5.74, 6) is 0. The predicted molar refractivity (Wildman–Crippen MR) is 67.6 cm³/mol. The molecule has 0 aliphatic rings. The minimum Gasteiger partial charge on any atom is -0.483 e. The number of aromatic nitrogens is 3. The Labute approximate surface area is 103 Å². The highest BCUT2D eigenvalue weighted by Crippen LogP contribution is 2.16. The van der Waals surface area contributed by atoms with Crippen molar-refractivity contribution in [3.63, 3.8) is 0 Å². The van der Waals surface area contributed by atoms with Crippen LogP contribution in [0.2, 0.25) is 0 Å². The van der Waals surface area contributed by atoms with Crippen LogP contribution in [0.3, 0.4) is 0 Å². The van der Waals surface area contributed by atoms with E-state index >= 15 is 0 Å². The van der Waals surface area contributed by atoms with Crippen molar-refractivity contribution < 1.29 is 9.90 Å². The summed E-state index contributed by atoms with van der Waals surface area (Å²) in [5.41, 5.74) is 3.12. The van der Waals surface area contributed by atoms with Crippen LogP contribution < -0.4 is 0 Å². The number of rotatable bonds is 1. The molecule has 2 aromatic heterocycles. The lowest BCUT2D eigenvalue weighted by molar-refractivity contribution is -0.122. The van der Waals surface area contributed by atoms with Crippen LogP contribution in [0.4, 0.5) is 0 Å². The molecule has 0 radical (unpaired) electrons. The second-order valence-corrected chi connectivity index (χ2v) is 3.42. The molecular formula is C13H11N3O2. The molecule has 0 saturated heterocycles. The SMILES string of the molecule is O=CO.c1ccc(-n2ccc3ncncc32)cc1. The van der Waals surface area contributed by atoms with Gasteiger partial charge in [0.05, 0.1) is 17.2 Å². The van der Waals surface area contributed by atoms with E-state index in [2.05, 4.69) is 26.7 Å². The number of carboxylic acid groups (broad SMARTS) is 1. The van der Waals surface area contributed by atoms with Gasteiger partial charge in [-0.15, -0.1) is 0 Å². The summed E-state index contributed by atoms with van der Waals surface area (Å²) < 4.78 is 2.08. The molecule has 3 aromatic rings. The van der Waals surface area contributed by atoms with E-state index < -0.39 is 0 Å². The Morgan fingerprint density at radius 3 is 2.61 bits per heavy atom. The average molecular weight is 241 g/mol. The molecule has 0 fully saturated rings. The molecule has 0 aliphatic heterocycles. The number of hydrogen-bond acceptors (Lipinski definition) is 3. The van der Waals surface area contributed by atoms with E-state index in [1.54, 1.807) is 6.33 Å². The van der Waals surface area contributed by atoms with Gasteiger partial charge in [-0.05, 0) is 18.2 Å². The Morgan fingerprint density at radius 2 is 1.89 bits per heavy atom. The second kappa shape index (κ2) is 5.58. The van der Waals surface area contributed by atoms with Crippen LogP contribution in [0.15, 0.2) is 55.1 Å². The van der Waals surface area contributed by atoms with Gasteiger partial charge in [0.2, 0.25) is 0 Å². The third-order valence-corrected chi connectivity index (χ3v) is 2.40. The maximum absolute atomic E-state index is 8.36. The van der Waals surface area contributed by atoms with Crippen LogP contribution in [0.25, 0.3) is 16.7 Å². The standard InChI is InChI=1S/C12H9N3.CH2O2/c1-2-4-10(5-3-1)15-7-6-11-12(15)8-13-9-14-11;2-1-3/h1-9H;1H,(H,2,3). The van der Waals surface area contributed by atoms with E-state index in [1.165, 1.54) is 0 Å². The Balaban J connectivity index is 0.000000367. The van der Waals surface area contributed by atoms with Crippen molar-refractivity contribution in [3.8, 4) is 5.69 Å². The smallest absolute Gasteiger partial charge is 0.290 e. The highest BCUT2D eigenvalue weighted by Gasteiger charge is 2.02. The van der Waals surface area contributed by atoms with Crippen molar-refractivity contribution >= 4 is 17.5 Å². The lowest BCUT2D eigenvalue weighted by Crippen LogP contribution is -1.91. The number of hydrogen-bond donors (Lipinski definition) is 1. The molecule has 0 amide bonds. The maximum Gasteiger partial charge on any atom is 0.290 e. The van der Waals surface area contributed by atoms with E-state index in [-0.39, 0.29) is 6.47 Å². The van der Waals surface area contributed by atoms with E-state index in [9.17, 15) is 0 Å². The molecule has 3 rings (SSSR count). The Bertz CT molecular complexity index is 635. The van der Waals surface area contributed by atoms with Crippen molar-refractivity contribution in [1.29, 1.82) is 0 Å². The van der Waals surface area contributed by atoms with E-state index in [1.807, 2.05) is 36.7 Å². The largest absolute Gasteiger partial charge is 0.483 e. The molecule has 90 valence electrons. The van der Waals surface area contributed by atoms with E-state index in [4.69, 9.17) is 9.90 Å². The van der Waals surface area contributed by atoms with Crippen LogP contribution >= 0.6 is 0 Å². The summed E-state index contributed by atoms with van der Waals surface area (Å²) in [4.78, 5) is 16.6. The monoisotopic (exact) mass is 241 g/mol. The fraction of sp³-hybridized carbons (Fsp3) is 0. The molecule has 0 aliphatic carbocycles. The van der Waals surface area contributed by atoms with Gasteiger partial charge in [-0.2, -0.15) is 0 Å². The number of benzene rings is 1. The minimum absolute atomic E-state index is 0.250. The van der Waals surface area contributed by atoms with Gasteiger partial charge < -0.3 is 9.67 Å². The van der Waals surface area contributed by atoms with Crippen molar-refractivity contribution in [3.05, 3.63) is 55.1 Å². The van der Waals surface area contributed by atoms with Gasteiger partial charge >= 0.3 is 0 Å². The van der Waals surface area contributed by atoms with Crippen LogP contribution in [0.1, 0.15) is 0 Å². The fourth-order valence-corrected chi connectivity index (χ4v) is 1.68. The Morgan fingerprint density at radius 1 is 1.17 bits per heavy atom. The lowest BCUT2D eigenvalue weighted by atomic mass is 10.3.